The minimum Gasteiger partial charge on any atom is -0.484 e. The number of nitrogens with one attached hydrogen (secondary N) is 2. The van der Waals surface area contributed by atoms with Crippen LogP contribution in [0.15, 0.2) is 29.3 Å². The number of nitrogens with zero attached hydrogens (tertiary/aromatic N) is 1. The molecule has 0 bridgehead atoms. The van der Waals surface area contributed by atoms with Crippen LogP contribution in [0.3, 0.4) is 0 Å². The van der Waals surface area contributed by atoms with Crippen LogP contribution >= 0.6 is 0 Å². The van der Waals surface area contributed by atoms with Crippen molar-refractivity contribution < 1.29 is 22.6 Å². The van der Waals surface area contributed by atoms with Crippen molar-refractivity contribution in [2.45, 2.75) is 44.8 Å². The van der Waals surface area contributed by atoms with Crippen molar-refractivity contribution in [2.75, 3.05) is 33.9 Å². The highest BCUT2D eigenvalue weighted by Gasteiger charge is 2.33. The highest BCUT2D eigenvalue weighted by atomic mass is 19.4. The van der Waals surface area contributed by atoms with Crippen molar-refractivity contribution in [3.63, 3.8) is 0 Å². The summed E-state index contributed by atoms with van der Waals surface area (Å²) >= 11 is 0. The smallest absolute Gasteiger partial charge is 0.422 e. The van der Waals surface area contributed by atoms with E-state index in [2.05, 4.69) is 15.6 Å². The lowest BCUT2D eigenvalue weighted by atomic mass is 9.83. The van der Waals surface area contributed by atoms with E-state index in [-0.39, 0.29) is 11.2 Å². The number of rotatable bonds is 9. The van der Waals surface area contributed by atoms with Crippen LogP contribution in [0.5, 0.6) is 5.75 Å². The molecule has 158 valence electrons. The predicted molar refractivity (Wildman–Crippen MR) is 104 cm³/mol. The average molecular weight is 401 g/mol. The lowest BCUT2D eigenvalue weighted by Crippen LogP contribution is -2.43. The Balaban J connectivity index is 1.80. The molecule has 0 heterocycles. The second-order valence-corrected chi connectivity index (χ2v) is 7.28. The van der Waals surface area contributed by atoms with E-state index in [1.54, 1.807) is 26.3 Å². The van der Waals surface area contributed by atoms with Crippen molar-refractivity contribution in [3.05, 3.63) is 29.8 Å². The summed E-state index contributed by atoms with van der Waals surface area (Å²) in [5.74, 6) is 0.908. The molecule has 1 saturated carbocycles. The van der Waals surface area contributed by atoms with Crippen LogP contribution < -0.4 is 15.4 Å². The summed E-state index contributed by atoms with van der Waals surface area (Å²) in [5, 5.41) is 6.66. The average Bonchev–Trinajstić information content (AvgIpc) is 3.14. The minimum absolute atomic E-state index is 0.199. The van der Waals surface area contributed by atoms with E-state index < -0.39 is 12.8 Å². The van der Waals surface area contributed by atoms with Crippen LogP contribution in [0.4, 0.5) is 13.2 Å². The molecule has 28 heavy (non-hydrogen) atoms. The summed E-state index contributed by atoms with van der Waals surface area (Å²) in [4.78, 5) is 4.26. The first kappa shape index (κ1) is 22.3. The van der Waals surface area contributed by atoms with Crippen LogP contribution in [-0.4, -0.2) is 46.1 Å². The molecular formula is C20H30F3N3O2. The van der Waals surface area contributed by atoms with Crippen molar-refractivity contribution >= 4 is 5.96 Å². The highest BCUT2D eigenvalue weighted by molar-refractivity contribution is 5.79. The van der Waals surface area contributed by atoms with E-state index in [0.29, 0.717) is 12.5 Å². The number of hydrogen-bond donors (Lipinski definition) is 2. The molecule has 2 N–H and O–H groups in total. The van der Waals surface area contributed by atoms with Gasteiger partial charge < -0.3 is 20.1 Å². The number of alkyl halides is 3. The summed E-state index contributed by atoms with van der Waals surface area (Å²) in [6, 6.07) is 6.56. The molecule has 2 rings (SSSR count). The Kier molecular flexibility index (Phi) is 8.41. The Hall–Kier alpha value is -1.96. The van der Waals surface area contributed by atoms with Gasteiger partial charge in [-0.05, 0) is 42.4 Å². The van der Waals surface area contributed by atoms with Gasteiger partial charge >= 0.3 is 6.18 Å². The second kappa shape index (κ2) is 10.5. The third kappa shape index (κ3) is 7.58. The van der Waals surface area contributed by atoms with Crippen molar-refractivity contribution in [3.8, 4) is 5.75 Å². The van der Waals surface area contributed by atoms with E-state index >= 15 is 0 Å². The Morgan fingerprint density at radius 2 is 1.82 bits per heavy atom. The monoisotopic (exact) mass is 401 g/mol. The van der Waals surface area contributed by atoms with E-state index in [0.717, 1.165) is 25.1 Å². The van der Waals surface area contributed by atoms with Crippen LogP contribution in [-0.2, 0) is 11.3 Å². The second-order valence-electron chi connectivity index (χ2n) is 7.28. The third-order valence-corrected chi connectivity index (χ3v) is 5.14. The first-order chi connectivity index (χ1) is 13.4. The number of halogens is 3. The molecule has 1 aliphatic rings. The summed E-state index contributed by atoms with van der Waals surface area (Å²) in [7, 11) is 3.45. The van der Waals surface area contributed by atoms with Gasteiger partial charge in [0.2, 0.25) is 0 Å². The topological polar surface area (TPSA) is 54.9 Å². The van der Waals surface area contributed by atoms with Crippen LogP contribution in [0.1, 0.15) is 37.7 Å². The molecule has 0 aliphatic heterocycles. The number of hydrogen-bond acceptors (Lipinski definition) is 3. The standard InChI is InChI=1S/C20H30F3N3O2/c1-24-18(26-14-19(11-12-27-2)9-3-4-10-19)25-13-16-5-7-17(8-6-16)28-15-20(21,22)23/h5-8H,3-4,9-15H2,1-2H3,(H2,24,25,26). The number of benzene rings is 1. The molecule has 0 spiro atoms. The number of guanidine groups is 1. The fraction of sp³-hybridized carbons (Fsp3) is 0.650. The zero-order chi connectivity index (χ0) is 20.5. The van der Waals surface area contributed by atoms with Gasteiger partial charge in [0.05, 0.1) is 0 Å². The largest absolute Gasteiger partial charge is 0.484 e. The number of methoxy groups -OCH3 is 1. The van der Waals surface area contributed by atoms with Crippen molar-refractivity contribution in [1.29, 1.82) is 0 Å². The van der Waals surface area contributed by atoms with Crippen LogP contribution in [0.2, 0.25) is 0 Å². The molecule has 0 saturated heterocycles. The van der Waals surface area contributed by atoms with Crippen LogP contribution in [0, 0.1) is 5.41 Å². The van der Waals surface area contributed by atoms with E-state index in [9.17, 15) is 13.2 Å². The molecule has 5 nitrogen and oxygen atoms in total. The summed E-state index contributed by atoms with van der Waals surface area (Å²) < 4.78 is 46.5. The minimum atomic E-state index is -4.33. The van der Waals surface area contributed by atoms with Gasteiger partial charge in [0.15, 0.2) is 12.6 Å². The zero-order valence-corrected chi connectivity index (χ0v) is 16.6. The summed E-state index contributed by atoms with van der Waals surface area (Å²) in [6.07, 6.45) is 1.59. The zero-order valence-electron chi connectivity index (χ0n) is 16.6. The number of aliphatic imine (C=N–C) groups is 1. The Labute approximate surface area is 164 Å². The highest BCUT2D eigenvalue weighted by Crippen LogP contribution is 2.40. The maximum absolute atomic E-state index is 12.2. The van der Waals surface area contributed by atoms with E-state index in [1.807, 2.05) is 0 Å². The molecule has 1 aromatic rings. The SMILES string of the molecule is CN=C(NCc1ccc(OCC(F)(F)F)cc1)NCC1(CCOC)CCCC1. The lowest BCUT2D eigenvalue weighted by Gasteiger charge is -2.30. The fourth-order valence-corrected chi connectivity index (χ4v) is 3.51. The molecule has 0 aromatic heterocycles. The molecule has 1 aliphatic carbocycles. The first-order valence-electron chi connectivity index (χ1n) is 9.58. The predicted octanol–water partition coefficient (Wildman–Crippen LogP) is 3.89. The van der Waals surface area contributed by atoms with E-state index in [1.165, 1.54) is 37.8 Å². The van der Waals surface area contributed by atoms with Crippen molar-refractivity contribution in [2.24, 2.45) is 10.4 Å². The normalized spacial score (nSPS) is 16.8. The van der Waals surface area contributed by atoms with E-state index in [4.69, 9.17) is 9.47 Å². The van der Waals surface area contributed by atoms with Gasteiger partial charge in [-0.25, -0.2) is 0 Å². The molecule has 0 atom stereocenters. The van der Waals surface area contributed by atoms with Gasteiger partial charge in [-0.15, -0.1) is 0 Å². The third-order valence-electron chi connectivity index (χ3n) is 5.14. The molecule has 1 aromatic carbocycles. The van der Waals surface area contributed by atoms with Crippen LogP contribution in [0.25, 0.3) is 0 Å². The van der Waals surface area contributed by atoms with Gasteiger partial charge in [-0.1, -0.05) is 25.0 Å². The maximum Gasteiger partial charge on any atom is 0.422 e. The van der Waals surface area contributed by atoms with Gasteiger partial charge in [0.25, 0.3) is 0 Å². The lowest BCUT2D eigenvalue weighted by molar-refractivity contribution is -0.153. The van der Waals surface area contributed by atoms with Crippen molar-refractivity contribution in [1.82, 2.24) is 10.6 Å². The maximum atomic E-state index is 12.2. The summed E-state index contributed by atoms with van der Waals surface area (Å²) in [6.45, 7) is 0.840. The van der Waals surface area contributed by atoms with Gasteiger partial charge in [0.1, 0.15) is 5.75 Å². The van der Waals surface area contributed by atoms with Gasteiger partial charge in [0, 0.05) is 33.9 Å². The number of ether oxygens (including phenoxy) is 2. The molecule has 0 amide bonds. The Morgan fingerprint density at radius 3 is 2.39 bits per heavy atom. The Bertz CT molecular complexity index is 612. The fourth-order valence-electron chi connectivity index (χ4n) is 3.51. The first-order valence-corrected chi connectivity index (χ1v) is 9.58. The van der Waals surface area contributed by atoms with Gasteiger partial charge in [-0.3, -0.25) is 4.99 Å². The summed E-state index contributed by atoms with van der Waals surface area (Å²) in [5.41, 5.74) is 1.18. The quantitative estimate of drug-likeness (QED) is 0.487. The Morgan fingerprint density at radius 1 is 1.14 bits per heavy atom. The molecule has 8 heteroatoms. The molecule has 1 fully saturated rings. The molecule has 0 radical (unpaired) electrons. The molecular weight excluding hydrogens is 371 g/mol. The van der Waals surface area contributed by atoms with Gasteiger partial charge in [-0.2, -0.15) is 13.2 Å². The molecule has 0 unspecified atom stereocenters.